The van der Waals surface area contributed by atoms with Gasteiger partial charge in [0.1, 0.15) is 0 Å². The average molecular weight is 366 g/mol. The number of nitrogens with one attached hydrogen (secondary N) is 1. The standard InChI is InChI=1S/C19H28ClN3O2/c1-19(2,3)14-21-18(25)23-9-5-8-22(10-11-23)17(24)13-15-6-4-7-16(20)12-15/h4,6-7,12H,5,8-11,13-14H2,1-3H3,(H,21,25). The molecule has 1 aromatic carbocycles. The van der Waals surface area contributed by atoms with Crippen LogP contribution in [-0.4, -0.2) is 54.5 Å². The van der Waals surface area contributed by atoms with Gasteiger partial charge in [0.05, 0.1) is 6.42 Å². The second-order valence-corrected chi connectivity index (χ2v) is 8.18. The number of amides is 3. The van der Waals surface area contributed by atoms with Crippen LogP contribution in [0, 0.1) is 5.41 Å². The van der Waals surface area contributed by atoms with Crippen molar-refractivity contribution in [3.63, 3.8) is 0 Å². The van der Waals surface area contributed by atoms with Crippen LogP contribution in [0.4, 0.5) is 4.79 Å². The van der Waals surface area contributed by atoms with Crippen LogP contribution < -0.4 is 5.32 Å². The van der Waals surface area contributed by atoms with E-state index in [1.54, 1.807) is 11.0 Å². The van der Waals surface area contributed by atoms with Crippen LogP contribution in [0.2, 0.25) is 5.02 Å². The fourth-order valence-electron chi connectivity index (χ4n) is 2.76. The Kier molecular flexibility index (Phi) is 6.71. The fourth-order valence-corrected chi connectivity index (χ4v) is 2.97. The predicted molar refractivity (Wildman–Crippen MR) is 101 cm³/mol. The maximum absolute atomic E-state index is 12.5. The molecule has 0 atom stereocenters. The molecular weight excluding hydrogens is 338 g/mol. The molecule has 2 rings (SSSR count). The zero-order valence-electron chi connectivity index (χ0n) is 15.3. The molecule has 1 aromatic rings. The molecule has 6 heteroatoms. The highest BCUT2D eigenvalue weighted by Gasteiger charge is 2.23. The lowest BCUT2D eigenvalue weighted by Crippen LogP contribution is -2.45. The van der Waals surface area contributed by atoms with Crippen LogP contribution in [0.15, 0.2) is 24.3 Å². The van der Waals surface area contributed by atoms with E-state index in [1.165, 1.54) is 0 Å². The number of carbonyl (C=O) groups is 2. The van der Waals surface area contributed by atoms with Crippen molar-refractivity contribution in [3.05, 3.63) is 34.9 Å². The Bertz CT molecular complexity index is 613. The van der Waals surface area contributed by atoms with Gasteiger partial charge in [-0.15, -0.1) is 0 Å². The molecule has 1 aliphatic heterocycles. The van der Waals surface area contributed by atoms with Gasteiger partial charge in [-0.3, -0.25) is 4.79 Å². The van der Waals surface area contributed by atoms with Gasteiger partial charge in [0.15, 0.2) is 0 Å². The Morgan fingerprint density at radius 3 is 2.48 bits per heavy atom. The van der Waals surface area contributed by atoms with Crippen LogP contribution in [-0.2, 0) is 11.2 Å². The quantitative estimate of drug-likeness (QED) is 0.894. The molecule has 0 spiro atoms. The highest BCUT2D eigenvalue weighted by atomic mass is 35.5. The van der Waals surface area contributed by atoms with Gasteiger partial charge >= 0.3 is 6.03 Å². The molecule has 138 valence electrons. The van der Waals surface area contributed by atoms with Gasteiger partial charge in [-0.2, -0.15) is 0 Å². The Hall–Kier alpha value is -1.75. The molecule has 1 fully saturated rings. The Labute approximate surface area is 155 Å². The van der Waals surface area contributed by atoms with E-state index in [0.717, 1.165) is 12.0 Å². The first-order valence-electron chi connectivity index (χ1n) is 8.79. The van der Waals surface area contributed by atoms with Crippen molar-refractivity contribution in [2.45, 2.75) is 33.6 Å². The number of hydrogen-bond acceptors (Lipinski definition) is 2. The van der Waals surface area contributed by atoms with Crippen molar-refractivity contribution < 1.29 is 9.59 Å². The number of rotatable bonds is 3. The van der Waals surface area contributed by atoms with Gasteiger partial charge in [-0.25, -0.2) is 4.79 Å². The Morgan fingerprint density at radius 2 is 1.80 bits per heavy atom. The number of halogens is 1. The monoisotopic (exact) mass is 365 g/mol. The normalized spacial score (nSPS) is 15.7. The Morgan fingerprint density at radius 1 is 1.12 bits per heavy atom. The zero-order chi connectivity index (χ0) is 18.4. The molecule has 0 bridgehead atoms. The first-order chi connectivity index (χ1) is 11.7. The van der Waals surface area contributed by atoms with Gasteiger partial charge in [0.2, 0.25) is 5.91 Å². The van der Waals surface area contributed by atoms with Crippen molar-refractivity contribution in [1.29, 1.82) is 0 Å². The summed E-state index contributed by atoms with van der Waals surface area (Å²) in [4.78, 5) is 28.5. The van der Waals surface area contributed by atoms with Gasteiger partial charge in [0.25, 0.3) is 0 Å². The van der Waals surface area contributed by atoms with E-state index in [9.17, 15) is 9.59 Å². The summed E-state index contributed by atoms with van der Waals surface area (Å²) in [7, 11) is 0. The minimum atomic E-state index is -0.0425. The molecule has 0 radical (unpaired) electrons. The maximum Gasteiger partial charge on any atom is 0.317 e. The van der Waals surface area contributed by atoms with E-state index in [4.69, 9.17) is 11.6 Å². The van der Waals surface area contributed by atoms with Crippen LogP contribution in [0.3, 0.4) is 0 Å². The van der Waals surface area contributed by atoms with Crippen LogP contribution in [0.25, 0.3) is 0 Å². The minimum Gasteiger partial charge on any atom is -0.341 e. The molecule has 3 amide bonds. The van der Waals surface area contributed by atoms with E-state index in [2.05, 4.69) is 26.1 Å². The number of nitrogens with zero attached hydrogens (tertiary/aromatic N) is 2. The third kappa shape index (κ3) is 6.58. The van der Waals surface area contributed by atoms with Gasteiger partial charge in [-0.1, -0.05) is 44.5 Å². The highest BCUT2D eigenvalue weighted by molar-refractivity contribution is 6.30. The van der Waals surface area contributed by atoms with E-state index in [1.807, 2.05) is 23.1 Å². The number of urea groups is 1. The lowest BCUT2D eigenvalue weighted by atomic mass is 9.97. The maximum atomic E-state index is 12.5. The summed E-state index contributed by atoms with van der Waals surface area (Å²) >= 11 is 5.98. The smallest absolute Gasteiger partial charge is 0.317 e. The SMILES string of the molecule is CC(C)(C)CNC(=O)N1CCCN(C(=O)Cc2cccc(Cl)c2)CC1. The molecule has 1 aliphatic rings. The van der Waals surface area contributed by atoms with Crippen LogP contribution >= 0.6 is 11.6 Å². The van der Waals surface area contributed by atoms with Crippen molar-refractivity contribution in [3.8, 4) is 0 Å². The van der Waals surface area contributed by atoms with Gasteiger partial charge in [0, 0.05) is 37.7 Å². The summed E-state index contributed by atoms with van der Waals surface area (Å²) in [6.45, 7) is 9.41. The number of benzene rings is 1. The van der Waals surface area contributed by atoms with E-state index in [-0.39, 0.29) is 17.4 Å². The van der Waals surface area contributed by atoms with Crippen LogP contribution in [0.1, 0.15) is 32.8 Å². The van der Waals surface area contributed by atoms with E-state index >= 15 is 0 Å². The zero-order valence-corrected chi connectivity index (χ0v) is 16.1. The average Bonchev–Trinajstić information content (AvgIpc) is 2.78. The third-order valence-corrected chi connectivity index (χ3v) is 4.39. The van der Waals surface area contributed by atoms with Crippen LogP contribution in [0.5, 0.6) is 0 Å². The summed E-state index contributed by atoms with van der Waals surface area (Å²) in [5.74, 6) is 0.0826. The number of hydrogen-bond donors (Lipinski definition) is 1. The molecule has 0 aliphatic carbocycles. The van der Waals surface area contributed by atoms with Crippen molar-refractivity contribution >= 4 is 23.5 Å². The topological polar surface area (TPSA) is 52.7 Å². The summed E-state index contributed by atoms with van der Waals surface area (Å²) in [5, 5.41) is 3.62. The fraction of sp³-hybridized carbons (Fsp3) is 0.579. The number of carbonyl (C=O) groups excluding carboxylic acids is 2. The molecular formula is C19H28ClN3O2. The summed E-state index contributed by atoms with van der Waals surface area (Å²) in [6, 6.07) is 7.35. The summed E-state index contributed by atoms with van der Waals surface area (Å²) < 4.78 is 0. The Balaban J connectivity index is 1.86. The third-order valence-electron chi connectivity index (χ3n) is 4.15. The van der Waals surface area contributed by atoms with E-state index in [0.29, 0.717) is 44.2 Å². The van der Waals surface area contributed by atoms with Crippen molar-refractivity contribution in [2.24, 2.45) is 5.41 Å². The minimum absolute atomic E-state index is 0.0425. The predicted octanol–water partition coefficient (Wildman–Crippen LogP) is 3.17. The molecule has 1 N–H and O–H groups in total. The lowest BCUT2D eigenvalue weighted by molar-refractivity contribution is -0.130. The largest absolute Gasteiger partial charge is 0.341 e. The first-order valence-corrected chi connectivity index (χ1v) is 9.17. The van der Waals surface area contributed by atoms with Gasteiger partial charge in [-0.05, 0) is 29.5 Å². The van der Waals surface area contributed by atoms with E-state index < -0.39 is 0 Å². The van der Waals surface area contributed by atoms with Crippen molar-refractivity contribution in [1.82, 2.24) is 15.1 Å². The molecule has 0 saturated carbocycles. The van der Waals surface area contributed by atoms with Crippen molar-refractivity contribution in [2.75, 3.05) is 32.7 Å². The summed E-state index contributed by atoms with van der Waals surface area (Å²) in [6.07, 6.45) is 1.14. The summed E-state index contributed by atoms with van der Waals surface area (Å²) in [5.41, 5.74) is 0.974. The second-order valence-electron chi connectivity index (χ2n) is 7.75. The second kappa shape index (κ2) is 8.56. The molecule has 1 heterocycles. The molecule has 1 saturated heterocycles. The molecule has 25 heavy (non-hydrogen) atoms. The first kappa shape index (κ1) is 19.6. The molecule has 5 nitrogen and oxygen atoms in total. The highest BCUT2D eigenvalue weighted by Crippen LogP contribution is 2.14. The molecule has 0 aromatic heterocycles. The molecule has 0 unspecified atom stereocenters. The lowest BCUT2D eigenvalue weighted by Gasteiger charge is -2.25. The van der Waals surface area contributed by atoms with Gasteiger partial charge < -0.3 is 15.1 Å².